The maximum atomic E-state index is 10.1. The van der Waals surface area contributed by atoms with Gasteiger partial charge in [0.2, 0.25) is 0 Å². The van der Waals surface area contributed by atoms with E-state index in [-0.39, 0.29) is 12.1 Å². The molecule has 2 nitrogen and oxygen atoms in total. The second kappa shape index (κ2) is 8.47. The van der Waals surface area contributed by atoms with Gasteiger partial charge in [-0.2, -0.15) is 0 Å². The van der Waals surface area contributed by atoms with E-state index in [1.165, 1.54) is 39.6 Å². The molecule has 2 N–H and O–H groups in total. The molecule has 27 heavy (non-hydrogen) atoms. The number of rotatable bonds is 6. The summed E-state index contributed by atoms with van der Waals surface area (Å²) in [5.74, 6) is 0.950. The quantitative estimate of drug-likeness (QED) is 0.581. The summed E-state index contributed by atoms with van der Waals surface area (Å²) in [5.41, 5.74) is 2.57. The van der Waals surface area contributed by atoms with Crippen molar-refractivity contribution >= 4 is 22.5 Å². The third kappa shape index (κ3) is 4.21. The van der Waals surface area contributed by atoms with Gasteiger partial charge in [-0.1, -0.05) is 67.1 Å². The van der Waals surface area contributed by atoms with Gasteiger partial charge in [0.1, 0.15) is 0 Å². The van der Waals surface area contributed by atoms with Crippen molar-refractivity contribution in [1.82, 2.24) is 5.32 Å². The van der Waals surface area contributed by atoms with Crippen molar-refractivity contribution in [3.8, 4) is 0 Å². The van der Waals surface area contributed by atoms with E-state index in [2.05, 4.69) is 72.0 Å². The van der Waals surface area contributed by atoms with Crippen molar-refractivity contribution in [2.24, 2.45) is 0 Å². The highest BCUT2D eigenvalue weighted by molar-refractivity contribution is 7.98. The highest BCUT2D eigenvalue weighted by Gasteiger charge is 2.31. The highest BCUT2D eigenvalue weighted by atomic mass is 32.2. The van der Waals surface area contributed by atoms with Gasteiger partial charge >= 0.3 is 0 Å². The molecular formula is C24H27NOS. The standard InChI is InChI=1S/C24H27NOS/c26-18-24(14-5-6-15-25-24)16-20-9-1-2-10-21(20)17-27-23-13-7-11-19-8-3-4-12-22(19)23/h1-4,7-13,25-26H,5-6,14-18H2. The number of thioether (sulfide) groups is 1. The predicted octanol–water partition coefficient (Wildman–Crippen LogP) is 5.18. The van der Waals surface area contributed by atoms with Gasteiger partial charge in [0.25, 0.3) is 0 Å². The third-order valence-electron chi connectivity index (χ3n) is 5.66. The molecule has 0 amide bonds. The summed E-state index contributed by atoms with van der Waals surface area (Å²) in [6.07, 6.45) is 4.35. The van der Waals surface area contributed by atoms with E-state index < -0.39 is 0 Å². The first-order chi connectivity index (χ1) is 13.3. The monoisotopic (exact) mass is 377 g/mol. The van der Waals surface area contributed by atoms with Crippen LogP contribution in [0, 0.1) is 0 Å². The fourth-order valence-electron chi connectivity index (χ4n) is 4.08. The summed E-state index contributed by atoms with van der Waals surface area (Å²) < 4.78 is 0. The second-order valence-electron chi connectivity index (χ2n) is 7.53. The van der Waals surface area contributed by atoms with Gasteiger partial charge < -0.3 is 10.4 Å². The zero-order valence-electron chi connectivity index (χ0n) is 15.7. The maximum absolute atomic E-state index is 10.1. The number of fused-ring (bicyclic) bond motifs is 1. The van der Waals surface area contributed by atoms with E-state index in [0.29, 0.717) is 0 Å². The number of aliphatic hydroxyl groups excluding tert-OH is 1. The molecule has 140 valence electrons. The van der Waals surface area contributed by atoms with Crippen LogP contribution in [0.1, 0.15) is 30.4 Å². The SMILES string of the molecule is OCC1(Cc2ccccc2CSc2cccc3ccccc23)CCCCN1. The smallest absolute Gasteiger partial charge is 0.0616 e. The molecule has 1 aliphatic rings. The number of nitrogens with one attached hydrogen (secondary N) is 1. The molecule has 0 bridgehead atoms. The van der Waals surface area contributed by atoms with Crippen LogP contribution in [-0.2, 0) is 12.2 Å². The van der Waals surface area contributed by atoms with Crippen LogP contribution in [0.5, 0.6) is 0 Å². The molecule has 0 spiro atoms. The van der Waals surface area contributed by atoms with Gasteiger partial charge in [-0.05, 0) is 53.8 Å². The minimum atomic E-state index is -0.154. The number of piperidine rings is 1. The van der Waals surface area contributed by atoms with E-state index in [0.717, 1.165) is 25.1 Å². The molecule has 0 saturated carbocycles. The molecule has 1 unspecified atom stereocenters. The van der Waals surface area contributed by atoms with Crippen LogP contribution in [0.15, 0.2) is 71.6 Å². The normalized spacial score (nSPS) is 20.0. The number of aliphatic hydroxyl groups is 1. The molecule has 3 aromatic rings. The lowest BCUT2D eigenvalue weighted by molar-refractivity contribution is 0.131. The number of hydrogen-bond acceptors (Lipinski definition) is 3. The molecular weight excluding hydrogens is 350 g/mol. The Balaban J connectivity index is 1.54. The van der Waals surface area contributed by atoms with Crippen LogP contribution in [0.4, 0.5) is 0 Å². The molecule has 1 heterocycles. The fourth-order valence-corrected chi connectivity index (χ4v) is 5.19. The van der Waals surface area contributed by atoms with Gasteiger partial charge in [-0.3, -0.25) is 0 Å². The lowest BCUT2D eigenvalue weighted by Gasteiger charge is -2.37. The molecule has 3 heteroatoms. The van der Waals surface area contributed by atoms with Crippen molar-refractivity contribution in [1.29, 1.82) is 0 Å². The van der Waals surface area contributed by atoms with Gasteiger partial charge in [-0.15, -0.1) is 11.8 Å². The molecule has 0 aliphatic carbocycles. The van der Waals surface area contributed by atoms with Crippen LogP contribution in [0.2, 0.25) is 0 Å². The Kier molecular flexibility index (Phi) is 5.82. The first kappa shape index (κ1) is 18.5. The zero-order valence-corrected chi connectivity index (χ0v) is 16.5. The average molecular weight is 378 g/mol. The largest absolute Gasteiger partial charge is 0.394 e. The van der Waals surface area contributed by atoms with E-state index in [1.54, 1.807) is 0 Å². The molecule has 1 aliphatic heterocycles. The minimum absolute atomic E-state index is 0.154. The first-order valence-electron chi connectivity index (χ1n) is 9.83. The molecule has 0 radical (unpaired) electrons. The third-order valence-corrected chi connectivity index (χ3v) is 6.79. The van der Waals surface area contributed by atoms with Crippen LogP contribution in [0.25, 0.3) is 10.8 Å². The van der Waals surface area contributed by atoms with Crippen LogP contribution < -0.4 is 5.32 Å². The van der Waals surface area contributed by atoms with Crippen LogP contribution in [-0.4, -0.2) is 23.8 Å². The lowest BCUT2D eigenvalue weighted by atomic mass is 9.83. The van der Waals surface area contributed by atoms with Crippen LogP contribution >= 0.6 is 11.8 Å². The Bertz CT molecular complexity index is 896. The minimum Gasteiger partial charge on any atom is -0.394 e. The summed E-state index contributed by atoms with van der Waals surface area (Å²) in [6.45, 7) is 1.21. The number of hydrogen-bond donors (Lipinski definition) is 2. The van der Waals surface area contributed by atoms with Crippen molar-refractivity contribution in [2.45, 2.75) is 41.9 Å². The van der Waals surface area contributed by atoms with E-state index in [9.17, 15) is 5.11 Å². The highest BCUT2D eigenvalue weighted by Crippen LogP contribution is 2.32. The topological polar surface area (TPSA) is 32.3 Å². The Morgan fingerprint density at radius 1 is 0.889 bits per heavy atom. The van der Waals surface area contributed by atoms with E-state index >= 15 is 0 Å². The molecule has 1 atom stereocenters. The number of benzene rings is 3. The van der Waals surface area contributed by atoms with Crippen molar-refractivity contribution in [3.05, 3.63) is 77.9 Å². The average Bonchev–Trinajstić information content (AvgIpc) is 2.74. The summed E-state index contributed by atoms with van der Waals surface area (Å²) in [7, 11) is 0. The van der Waals surface area contributed by atoms with Gasteiger partial charge in [0.05, 0.1) is 6.61 Å². The summed E-state index contributed by atoms with van der Waals surface area (Å²) >= 11 is 1.90. The van der Waals surface area contributed by atoms with Gasteiger partial charge in [0, 0.05) is 16.2 Å². The van der Waals surface area contributed by atoms with Gasteiger partial charge in [0.15, 0.2) is 0 Å². The summed E-state index contributed by atoms with van der Waals surface area (Å²) in [6, 6.07) is 23.8. The van der Waals surface area contributed by atoms with Crippen LogP contribution in [0.3, 0.4) is 0 Å². The van der Waals surface area contributed by atoms with E-state index in [4.69, 9.17) is 0 Å². The second-order valence-corrected chi connectivity index (χ2v) is 8.55. The lowest BCUT2D eigenvalue weighted by Crippen LogP contribution is -2.53. The predicted molar refractivity (Wildman–Crippen MR) is 115 cm³/mol. The summed E-state index contributed by atoms with van der Waals surface area (Å²) in [4.78, 5) is 1.33. The Hall–Kier alpha value is -1.81. The Morgan fingerprint density at radius 3 is 2.48 bits per heavy atom. The molecule has 0 aromatic heterocycles. The fraction of sp³-hybridized carbons (Fsp3) is 0.333. The molecule has 3 aromatic carbocycles. The molecule has 1 saturated heterocycles. The van der Waals surface area contributed by atoms with E-state index in [1.807, 2.05) is 11.8 Å². The zero-order chi connectivity index (χ0) is 18.5. The maximum Gasteiger partial charge on any atom is 0.0616 e. The molecule has 4 rings (SSSR count). The van der Waals surface area contributed by atoms with Gasteiger partial charge in [-0.25, -0.2) is 0 Å². The first-order valence-corrected chi connectivity index (χ1v) is 10.8. The Morgan fingerprint density at radius 2 is 1.67 bits per heavy atom. The van der Waals surface area contributed by atoms with Crippen molar-refractivity contribution in [3.63, 3.8) is 0 Å². The van der Waals surface area contributed by atoms with Crippen molar-refractivity contribution < 1.29 is 5.11 Å². The Labute approximate surface area is 166 Å². The summed E-state index contributed by atoms with van der Waals surface area (Å²) in [5, 5.41) is 16.3. The van der Waals surface area contributed by atoms with Crippen molar-refractivity contribution in [2.75, 3.05) is 13.2 Å². The molecule has 1 fully saturated rings.